The van der Waals surface area contributed by atoms with Crippen molar-refractivity contribution in [1.82, 2.24) is 10.3 Å². The molecule has 0 bridgehead atoms. The summed E-state index contributed by atoms with van der Waals surface area (Å²) in [6, 6.07) is 3.49. The van der Waals surface area contributed by atoms with Gasteiger partial charge in [-0.15, -0.1) is 0 Å². The summed E-state index contributed by atoms with van der Waals surface area (Å²) >= 11 is 3.27. The molecule has 0 aromatic carbocycles. The highest BCUT2D eigenvalue weighted by molar-refractivity contribution is 9.10. The van der Waals surface area contributed by atoms with E-state index in [-0.39, 0.29) is 12.0 Å². The SMILES string of the molecule is O=C(NCC1CCCO1)c1ccc(Br)cn1. The van der Waals surface area contributed by atoms with Crippen LogP contribution in [-0.2, 0) is 4.74 Å². The van der Waals surface area contributed by atoms with Gasteiger partial charge in [0.15, 0.2) is 0 Å². The van der Waals surface area contributed by atoms with Crippen LogP contribution in [0.25, 0.3) is 0 Å². The van der Waals surface area contributed by atoms with Crippen LogP contribution in [0.5, 0.6) is 0 Å². The van der Waals surface area contributed by atoms with Gasteiger partial charge in [0, 0.05) is 23.8 Å². The number of hydrogen-bond donors (Lipinski definition) is 1. The number of rotatable bonds is 3. The van der Waals surface area contributed by atoms with Crippen LogP contribution < -0.4 is 5.32 Å². The van der Waals surface area contributed by atoms with Gasteiger partial charge < -0.3 is 10.1 Å². The molecule has 1 aliphatic heterocycles. The third kappa shape index (κ3) is 3.02. The van der Waals surface area contributed by atoms with Gasteiger partial charge in [-0.25, -0.2) is 4.98 Å². The van der Waals surface area contributed by atoms with Crippen molar-refractivity contribution in [3.8, 4) is 0 Å². The first-order valence-electron chi connectivity index (χ1n) is 5.27. The third-order valence-corrected chi connectivity index (χ3v) is 2.94. The fourth-order valence-electron chi connectivity index (χ4n) is 1.61. The first-order chi connectivity index (χ1) is 7.75. The highest BCUT2D eigenvalue weighted by atomic mass is 79.9. The lowest BCUT2D eigenvalue weighted by atomic mass is 10.2. The standard InChI is InChI=1S/C11H13BrN2O2/c12-8-3-4-10(13-6-8)11(15)14-7-9-2-1-5-16-9/h3-4,6,9H,1-2,5,7H2,(H,14,15). The summed E-state index contributed by atoms with van der Waals surface area (Å²) in [6.45, 7) is 1.37. The lowest BCUT2D eigenvalue weighted by Crippen LogP contribution is -2.32. The van der Waals surface area contributed by atoms with E-state index in [9.17, 15) is 4.79 Å². The zero-order valence-electron chi connectivity index (χ0n) is 8.78. The quantitative estimate of drug-likeness (QED) is 0.920. The molecule has 86 valence electrons. The Bertz CT molecular complexity index is 361. The summed E-state index contributed by atoms with van der Waals surface area (Å²) in [5.41, 5.74) is 0.432. The molecule has 5 heteroatoms. The van der Waals surface area contributed by atoms with E-state index >= 15 is 0 Å². The van der Waals surface area contributed by atoms with Crippen molar-refractivity contribution in [2.75, 3.05) is 13.2 Å². The van der Waals surface area contributed by atoms with Crippen LogP contribution in [0.3, 0.4) is 0 Å². The molecule has 16 heavy (non-hydrogen) atoms. The predicted molar refractivity (Wildman–Crippen MR) is 63.2 cm³/mol. The van der Waals surface area contributed by atoms with Crippen LogP contribution in [0.15, 0.2) is 22.8 Å². The van der Waals surface area contributed by atoms with Gasteiger partial charge in [-0.3, -0.25) is 4.79 Å². The van der Waals surface area contributed by atoms with Crippen LogP contribution in [0.4, 0.5) is 0 Å². The lowest BCUT2D eigenvalue weighted by molar-refractivity contribution is 0.0853. The van der Waals surface area contributed by atoms with E-state index in [1.54, 1.807) is 18.3 Å². The lowest BCUT2D eigenvalue weighted by Gasteiger charge is -2.10. The number of carbonyl (C=O) groups excluding carboxylic acids is 1. The first kappa shape index (κ1) is 11.5. The Labute approximate surface area is 103 Å². The van der Waals surface area contributed by atoms with Gasteiger partial charge in [-0.2, -0.15) is 0 Å². The van der Waals surface area contributed by atoms with Crippen molar-refractivity contribution in [2.45, 2.75) is 18.9 Å². The summed E-state index contributed by atoms with van der Waals surface area (Å²) in [7, 11) is 0. The van der Waals surface area contributed by atoms with Crippen LogP contribution in [0, 0.1) is 0 Å². The largest absolute Gasteiger partial charge is 0.376 e. The number of carbonyl (C=O) groups is 1. The topological polar surface area (TPSA) is 51.2 Å². The van der Waals surface area contributed by atoms with Gasteiger partial charge in [0.1, 0.15) is 5.69 Å². The molecule has 1 aromatic heterocycles. The summed E-state index contributed by atoms with van der Waals surface area (Å²) < 4.78 is 6.28. The van der Waals surface area contributed by atoms with Crippen molar-refractivity contribution >= 4 is 21.8 Å². The van der Waals surface area contributed by atoms with E-state index in [2.05, 4.69) is 26.2 Å². The number of halogens is 1. The Hall–Kier alpha value is -0.940. The van der Waals surface area contributed by atoms with Gasteiger partial charge in [-0.1, -0.05) is 0 Å². The normalized spacial score (nSPS) is 19.7. The average molecular weight is 285 g/mol. The maximum Gasteiger partial charge on any atom is 0.269 e. The monoisotopic (exact) mass is 284 g/mol. The molecule has 2 heterocycles. The van der Waals surface area contributed by atoms with E-state index < -0.39 is 0 Å². The molecule has 0 aliphatic carbocycles. The summed E-state index contributed by atoms with van der Waals surface area (Å²) in [5, 5.41) is 2.82. The molecule has 1 fully saturated rings. The van der Waals surface area contributed by atoms with Crippen molar-refractivity contribution in [2.24, 2.45) is 0 Å². The minimum Gasteiger partial charge on any atom is -0.376 e. The van der Waals surface area contributed by atoms with Crippen molar-refractivity contribution in [1.29, 1.82) is 0 Å². The summed E-state index contributed by atoms with van der Waals surface area (Å²) in [5.74, 6) is -0.150. The van der Waals surface area contributed by atoms with Gasteiger partial charge in [-0.05, 0) is 40.9 Å². The summed E-state index contributed by atoms with van der Waals surface area (Å²) in [6.07, 6.45) is 3.88. The number of nitrogens with one attached hydrogen (secondary N) is 1. The first-order valence-corrected chi connectivity index (χ1v) is 6.06. The molecule has 1 saturated heterocycles. The second-order valence-electron chi connectivity index (χ2n) is 3.71. The highest BCUT2D eigenvalue weighted by Crippen LogP contribution is 2.11. The Morgan fingerprint density at radius 1 is 1.62 bits per heavy atom. The van der Waals surface area contributed by atoms with Crippen LogP contribution in [0.1, 0.15) is 23.3 Å². The Balaban J connectivity index is 1.85. The molecule has 4 nitrogen and oxygen atoms in total. The predicted octanol–water partition coefficient (Wildman–Crippen LogP) is 1.75. The van der Waals surface area contributed by atoms with E-state index in [4.69, 9.17) is 4.74 Å². The molecule has 1 aliphatic rings. The number of aromatic nitrogens is 1. The van der Waals surface area contributed by atoms with Crippen LogP contribution in [0.2, 0.25) is 0 Å². The van der Waals surface area contributed by atoms with Gasteiger partial charge in [0.25, 0.3) is 5.91 Å². The van der Waals surface area contributed by atoms with E-state index in [1.165, 1.54) is 0 Å². The fourth-order valence-corrected chi connectivity index (χ4v) is 1.85. The number of hydrogen-bond acceptors (Lipinski definition) is 3. The third-order valence-electron chi connectivity index (χ3n) is 2.47. The molecule has 2 rings (SSSR count). The second-order valence-corrected chi connectivity index (χ2v) is 4.62. The number of ether oxygens (including phenoxy) is 1. The molecule has 0 radical (unpaired) electrons. The number of pyridine rings is 1. The van der Waals surface area contributed by atoms with Crippen LogP contribution >= 0.6 is 15.9 Å². The molecule has 0 saturated carbocycles. The number of amides is 1. The zero-order chi connectivity index (χ0) is 11.4. The van der Waals surface area contributed by atoms with Crippen LogP contribution in [-0.4, -0.2) is 30.1 Å². The van der Waals surface area contributed by atoms with E-state index in [0.29, 0.717) is 12.2 Å². The minimum atomic E-state index is -0.150. The molecular formula is C11H13BrN2O2. The van der Waals surface area contributed by atoms with Gasteiger partial charge in [0.05, 0.1) is 6.10 Å². The Morgan fingerprint density at radius 2 is 2.50 bits per heavy atom. The summed E-state index contributed by atoms with van der Waals surface area (Å²) in [4.78, 5) is 15.7. The molecule has 1 amide bonds. The molecule has 1 unspecified atom stereocenters. The molecule has 1 N–H and O–H groups in total. The second kappa shape index (κ2) is 5.41. The molecule has 0 spiro atoms. The van der Waals surface area contributed by atoms with Gasteiger partial charge in [0.2, 0.25) is 0 Å². The van der Waals surface area contributed by atoms with Crippen molar-refractivity contribution in [3.05, 3.63) is 28.5 Å². The Kier molecular flexibility index (Phi) is 3.90. The van der Waals surface area contributed by atoms with E-state index in [0.717, 1.165) is 23.9 Å². The highest BCUT2D eigenvalue weighted by Gasteiger charge is 2.16. The zero-order valence-corrected chi connectivity index (χ0v) is 10.4. The molecule has 1 atom stereocenters. The van der Waals surface area contributed by atoms with Gasteiger partial charge >= 0.3 is 0 Å². The molecular weight excluding hydrogens is 272 g/mol. The van der Waals surface area contributed by atoms with E-state index in [1.807, 2.05) is 0 Å². The Morgan fingerprint density at radius 3 is 3.12 bits per heavy atom. The fraction of sp³-hybridized carbons (Fsp3) is 0.455. The van der Waals surface area contributed by atoms with Crippen molar-refractivity contribution < 1.29 is 9.53 Å². The number of nitrogens with zero attached hydrogens (tertiary/aromatic N) is 1. The average Bonchev–Trinajstić information content (AvgIpc) is 2.80. The molecule has 1 aromatic rings. The smallest absolute Gasteiger partial charge is 0.269 e. The van der Waals surface area contributed by atoms with Crippen molar-refractivity contribution in [3.63, 3.8) is 0 Å². The maximum absolute atomic E-state index is 11.7. The minimum absolute atomic E-state index is 0.150. The maximum atomic E-state index is 11.7.